The van der Waals surface area contributed by atoms with E-state index in [9.17, 15) is 39.0 Å². The number of hydrogen-bond donors (Lipinski definition) is 3. The van der Waals surface area contributed by atoms with Gasteiger partial charge in [0.1, 0.15) is 5.75 Å². The van der Waals surface area contributed by atoms with Gasteiger partial charge in [-0.1, -0.05) is 11.8 Å². The van der Waals surface area contributed by atoms with Gasteiger partial charge in [0, 0.05) is 29.0 Å². The number of carbonyl (C=O) groups excluding carboxylic acids is 6. The molecule has 192 valence electrons. The molecule has 9 nitrogen and oxygen atoms in total. The van der Waals surface area contributed by atoms with Crippen LogP contribution >= 0.6 is 15.9 Å². The van der Waals surface area contributed by atoms with Gasteiger partial charge in [-0.15, -0.1) is 0 Å². The number of fused-ring (bicyclic) bond motifs is 3. The Bertz CT molecular complexity index is 1530. The Morgan fingerprint density at radius 3 is 2.29 bits per heavy atom. The van der Waals surface area contributed by atoms with Crippen LogP contribution in [0.25, 0.3) is 0 Å². The van der Waals surface area contributed by atoms with Gasteiger partial charge in [0.25, 0.3) is 0 Å². The highest BCUT2D eigenvalue weighted by Gasteiger charge is 2.66. The Hall–Kier alpha value is -3.94. The molecule has 2 saturated carbocycles. The number of rotatable bonds is 2. The maximum absolute atomic E-state index is 13.6. The van der Waals surface area contributed by atoms with Gasteiger partial charge in [0.2, 0.25) is 10.6 Å². The molecule has 0 aromatic heterocycles. The van der Waals surface area contributed by atoms with Crippen LogP contribution in [0.1, 0.15) is 50.2 Å². The van der Waals surface area contributed by atoms with E-state index in [4.69, 9.17) is 5.73 Å². The van der Waals surface area contributed by atoms with Gasteiger partial charge in [-0.2, -0.15) is 0 Å². The molecule has 2 fully saturated rings. The first-order chi connectivity index (χ1) is 17.9. The van der Waals surface area contributed by atoms with Crippen molar-refractivity contribution in [3.05, 3.63) is 64.2 Å². The number of aromatic hydroxyl groups is 1. The summed E-state index contributed by atoms with van der Waals surface area (Å²) in [6.45, 7) is 0. The van der Waals surface area contributed by atoms with Crippen molar-refractivity contribution in [1.29, 1.82) is 0 Å². The molecule has 1 amide bonds. The Morgan fingerprint density at radius 1 is 0.974 bits per heavy atom. The van der Waals surface area contributed by atoms with E-state index in [0.717, 1.165) is 0 Å². The Kier molecular flexibility index (Phi) is 6.16. The highest BCUT2D eigenvalue weighted by atomic mass is 79.9. The van der Waals surface area contributed by atoms with Gasteiger partial charge in [0.15, 0.2) is 34.7 Å². The Morgan fingerprint density at radius 2 is 1.66 bits per heavy atom. The molecule has 2 aromatic carbocycles. The van der Waals surface area contributed by atoms with Crippen molar-refractivity contribution < 1.29 is 39.0 Å². The molecule has 0 bridgehead atoms. The van der Waals surface area contributed by atoms with E-state index in [0.29, 0.717) is 22.3 Å². The summed E-state index contributed by atoms with van der Waals surface area (Å²) in [5.41, 5.74) is 4.33. The largest absolute Gasteiger partial charge is 0.507 e. The van der Waals surface area contributed by atoms with Crippen molar-refractivity contribution in [2.24, 2.45) is 29.4 Å². The first kappa shape index (κ1) is 25.7. The number of nitrogens with two attached hydrogens (primary N) is 1. The Balaban J connectivity index is 1.53. The van der Waals surface area contributed by atoms with Gasteiger partial charge in [-0.05, 0) is 76.7 Å². The molecule has 5 rings (SSSR count). The number of phenols is 1. The van der Waals surface area contributed by atoms with Crippen molar-refractivity contribution in [2.45, 2.75) is 24.9 Å². The summed E-state index contributed by atoms with van der Waals surface area (Å²) >= 11 is 2.88. The highest BCUT2D eigenvalue weighted by Crippen LogP contribution is 2.50. The molecule has 38 heavy (non-hydrogen) atoms. The van der Waals surface area contributed by atoms with E-state index >= 15 is 0 Å². The van der Waals surface area contributed by atoms with Gasteiger partial charge in [-0.25, -0.2) is 0 Å². The molecular weight excluding hydrogens is 558 g/mol. The van der Waals surface area contributed by atoms with E-state index < -0.39 is 64.7 Å². The maximum Gasteiger partial charge on any atom is 0.235 e. The molecule has 0 heterocycles. The normalized spacial score (nSPS) is 27.9. The first-order valence-corrected chi connectivity index (χ1v) is 12.6. The predicted molar refractivity (Wildman–Crippen MR) is 134 cm³/mol. The van der Waals surface area contributed by atoms with E-state index in [1.54, 1.807) is 30.3 Å². The summed E-state index contributed by atoms with van der Waals surface area (Å²) in [6.07, 6.45) is -0.252. The number of phenolic OH excluding ortho intramolecular Hbond substituents is 1. The van der Waals surface area contributed by atoms with Crippen molar-refractivity contribution in [3.63, 3.8) is 0 Å². The van der Waals surface area contributed by atoms with Crippen molar-refractivity contribution in [3.8, 4) is 17.6 Å². The third kappa shape index (κ3) is 3.81. The van der Waals surface area contributed by atoms with Gasteiger partial charge in [0.05, 0.1) is 11.5 Å². The second-order valence-electron chi connectivity index (χ2n) is 9.83. The zero-order valence-electron chi connectivity index (χ0n) is 19.7. The fraction of sp³-hybridized carbons (Fsp3) is 0.286. The van der Waals surface area contributed by atoms with Gasteiger partial charge in [-0.3, -0.25) is 28.8 Å². The van der Waals surface area contributed by atoms with Crippen molar-refractivity contribution in [1.82, 2.24) is 0 Å². The van der Waals surface area contributed by atoms with E-state index in [2.05, 4.69) is 27.8 Å². The number of hydrogen-bond acceptors (Lipinski definition) is 8. The number of ketones is 4. The summed E-state index contributed by atoms with van der Waals surface area (Å²) in [5.74, 6) is -4.67. The second kappa shape index (κ2) is 9.11. The molecule has 10 heteroatoms. The summed E-state index contributed by atoms with van der Waals surface area (Å²) in [6, 6.07) is 9.36. The van der Waals surface area contributed by atoms with Crippen LogP contribution in [0.2, 0.25) is 0 Å². The lowest BCUT2D eigenvalue weighted by Crippen LogP contribution is -2.68. The zero-order valence-corrected chi connectivity index (χ0v) is 21.3. The average Bonchev–Trinajstić information content (AvgIpc) is 2.85. The third-order valence-corrected chi connectivity index (χ3v) is 8.20. The van der Waals surface area contributed by atoms with Crippen LogP contribution in [0.3, 0.4) is 0 Å². The van der Waals surface area contributed by atoms with Crippen LogP contribution in [-0.4, -0.2) is 49.5 Å². The molecule has 0 radical (unpaired) electrons. The van der Waals surface area contributed by atoms with Crippen LogP contribution in [-0.2, 0) is 25.6 Å². The monoisotopic (exact) mass is 577 g/mol. The van der Waals surface area contributed by atoms with Crippen LogP contribution in [0, 0.1) is 35.5 Å². The molecule has 3 aliphatic rings. The minimum atomic E-state index is -2.68. The quantitative estimate of drug-likeness (QED) is 0.272. The first-order valence-electron chi connectivity index (χ1n) is 11.8. The van der Waals surface area contributed by atoms with Crippen molar-refractivity contribution in [2.75, 3.05) is 0 Å². The van der Waals surface area contributed by atoms with Crippen LogP contribution < -0.4 is 5.73 Å². The third-order valence-electron chi connectivity index (χ3n) is 7.74. The lowest BCUT2D eigenvalue weighted by atomic mass is 9.53. The standard InChI is InChI=1S/C28H20BrNO8/c29-26(36)14-5-2-12(3-6-14)1-4-13-7-8-18(31)21-17(13)10-15-9-16-11-19(32)22(27(30)37)25(35)28(16,38)24(34)20(15)23(21)33/h2-3,5-8,15-16,20,22,31,38H,9-11H2,(H2,30,37)/t15-,16+,20?,22?,28+/m1/s1. The van der Waals surface area contributed by atoms with Crippen LogP contribution in [0.15, 0.2) is 36.4 Å². The zero-order chi connectivity index (χ0) is 27.5. The number of amides is 1. The fourth-order valence-corrected chi connectivity index (χ4v) is 6.17. The number of primary amides is 1. The smallest absolute Gasteiger partial charge is 0.235 e. The fourth-order valence-electron chi connectivity index (χ4n) is 5.91. The minimum Gasteiger partial charge on any atom is -0.507 e. The summed E-state index contributed by atoms with van der Waals surface area (Å²) in [7, 11) is 0. The average molecular weight is 578 g/mol. The number of benzene rings is 2. The molecule has 0 spiro atoms. The van der Waals surface area contributed by atoms with Crippen LogP contribution in [0.4, 0.5) is 0 Å². The summed E-state index contributed by atoms with van der Waals surface area (Å²) in [4.78, 5) is 75.7. The molecule has 2 unspecified atom stereocenters. The lowest BCUT2D eigenvalue weighted by molar-refractivity contribution is -0.175. The summed E-state index contributed by atoms with van der Waals surface area (Å²) < 4.78 is -0.266. The number of carbonyl (C=O) groups is 6. The molecule has 5 atom stereocenters. The predicted octanol–water partition coefficient (Wildman–Crippen LogP) is 1.26. The SMILES string of the molecule is NC(=O)C1C(=O)C[C@@H]2C[C@@H]3Cc4c(C#Cc5ccc(C(=O)Br)cc5)ccc(O)c4C(=O)C3C(=O)[C@]2(O)C1=O. The molecular formula is C28H20BrNO8. The van der Waals surface area contributed by atoms with E-state index in [1.807, 2.05) is 0 Å². The topological polar surface area (TPSA) is 169 Å². The molecule has 2 aromatic rings. The van der Waals surface area contributed by atoms with Crippen molar-refractivity contribution >= 4 is 49.7 Å². The number of aliphatic hydroxyl groups is 1. The molecule has 4 N–H and O–H groups in total. The summed E-state index contributed by atoms with van der Waals surface area (Å²) in [5, 5.41) is 21.8. The van der Waals surface area contributed by atoms with Crippen LogP contribution in [0.5, 0.6) is 5.75 Å². The van der Waals surface area contributed by atoms with E-state index in [-0.39, 0.29) is 28.8 Å². The number of Topliss-reactive ketones (excluding diaryl/α,β-unsaturated/α-hetero) is 4. The van der Waals surface area contributed by atoms with E-state index in [1.165, 1.54) is 6.07 Å². The maximum atomic E-state index is 13.6. The van der Waals surface area contributed by atoms with Gasteiger partial charge >= 0.3 is 0 Å². The van der Waals surface area contributed by atoms with Gasteiger partial charge < -0.3 is 15.9 Å². The lowest BCUT2D eigenvalue weighted by Gasteiger charge is -2.48. The molecule has 0 saturated heterocycles. The Labute approximate surface area is 224 Å². The minimum absolute atomic E-state index is 0.00556. The second-order valence-corrected chi connectivity index (χ2v) is 10.5. The highest BCUT2D eigenvalue weighted by molar-refractivity contribution is 9.18. The number of halogens is 1. The molecule has 3 aliphatic carbocycles. The molecule has 0 aliphatic heterocycles.